The van der Waals surface area contributed by atoms with E-state index >= 15 is 0 Å². The Hall–Kier alpha value is 0.425. The van der Waals surface area contributed by atoms with Crippen molar-refractivity contribution < 1.29 is 10.0 Å². The largest absolute Gasteiger partial charge is 0.469 e. The molecular weight excluding hydrogens is 185 g/mol. The Labute approximate surface area is 63.5 Å². The first-order valence-corrected chi connectivity index (χ1v) is 3.98. The van der Waals surface area contributed by atoms with Gasteiger partial charge in [-0.3, -0.25) is 0 Å². The molecule has 0 saturated carbocycles. The fourth-order valence-electron chi connectivity index (χ4n) is 0.462. The molecule has 0 aliphatic carbocycles. The van der Waals surface area contributed by atoms with Crippen molar-refractivity contribution in [2.75, 3.05) is 5.33 Å². The lowest BCUT2D eigenvalue weighted by Gasteiger charge is -2.06. The van der Waals surface area contributed by atoms with E-state index in [1.54, 1.807) is 0 Å². The van der Waals surface area contributed by atoms with E-state index in [9.17, 15) is 0 Å². The van der Waals surface area contributed by atoms with Gasteiger partial charge in [-0.2, -0.15) is 0 Å². The van der Waals surface area contributed by atoms with Crippen LogP contribution < -0.4 is 5.73 Å². The van der Waals surface area contributed by atoms with Crippen LogP contribution in [0, 0.1) is 0 Å². The number of nitrogens with two attached hydrogens (primary N) is 1. The summed E-state index contributed by atoms with van der Waals surface area (Å²) >= 11 is 3.21. The van der Waals surface area contributed by atoms with Crippen LogP contribution in [-0.2, 0) is 0 Å². The van der Waals surface area contributed by atoms with E-state index in [0.29, 0.717) is 6.42 Å². The molecule has 1 atom stereocenters. The molecule has 3 nitrogen and oxygen atoms in total. The normalized spacial score (nSPS) is 13.3. The molecule has 0 spiro atoms. The van der Waals surface area contributed by atoms with Crippen molar-refractivity contribution in [3.8, 4) is 0 Å². The van der Waals surface area contributed by atoms with Gasteiger partial charge in [0.15, 0.2) is 0 Å². The number of hydrogen-bond acceptors (Lipinski definition) is 3. The van der Waals surface area contributed by atoms with E-state index < -0.39 is 13.1 Å². The highest BCUT2D eigenvalue weighted by Gasteiger charge is 2.16. The van der Waals surface area contributed by atoms with Gasteiger partial charge in [-0.25, -0.2) is 0 Å². The Morgan fingerprint density at radius 2 is 2.11 bits per heavy atom. The summed E-state index contributed by atoms with van der Waals surface area (Å²) < 4.78 is 0. The van der Waals surface area contributed by atoms with Gasteiger partial charge in [-0.05, 0) is 12.8 Å². The first-order chi connectivity index (χ1) is 4.18. The van der Waals surface area contributed by atoms with E-state index in [0.717, 1.165) is 11.8 Å². The Balaban J connectivity index is 3.16. The van der Waals surface area contributed by atoms with Crippen LogP contribution in [0.3, 0.4) is 0 Å². The summed E-state index contributed by atoms with van der Waals surface area (Å²) in [5.74, 6) is -0.498. The summed E-state index contributed by atoms with van der Waals surface area (Å²) in [6.07, 6.45) is 1.52. The minimum Gasteiger partial charge on any atom is -0.426 e. The molecular formula is C4H11BBrNO2. The molecule has 54 valence electrons. The molecule has 0 aromatic carbocycles. The Morgan fingerprint density at radius 1 is 1.56 bits per heavy atom. The highest BCUT2D eigenvalue weighted by atomic mass is 79.9. The maximum absolute atomic E-state index is 8.46. The number of halogens is 1. The van der Waals surface area contributed by atoms with Gasteiger partial charge < -0.3 is 15.8 Å². The zero-order valence-corrected chi connectivity index (χ0v) is 6.71. The first kappa shape index (κ1) is 9.42. The summed E-state index contributed by atoms with van der Waals surface area (Å²) in [6.45, 7) is 0. The molecule has 0 saturated heterocycles. The highest BCUT2D eigenvalue weighted by Crippen LogP contribution is 1.97. The predicted octanol–water partition coefficient (Wildman–Crippen LogP) is -0.499. The number of rotatable bonds is 4. The molecule has 0 aliphatic heterocycles. The Kier molecular flexibility index (Phi) is 5.48. The van der Waals surface area contributed by atoms with E-state index in [4.69, 9.17) is 15.8 Å². The number of hydrogen-bond donors (Lipinski definition) is 3. The van der Waals surface area contributed by atoms with Gasteiger partial charge in [0, 0.05) is 11.3 Å². The molecule has 0 aliphatic rings. The van der Waals surface area contributed by atoms with Crippen LogP contribution in [0.15, 0.2) is 0 Å². The fraction of sp³-hybridized carbons (Fsp3) is 1.00. The van der Waals surface area contributed by atoms with Crippen molar-refractivity contribution in [3.05, 3.63) is 0 Å². The van der Waals surface area contributed by atoms with Crippen LogP contribution in [0.5, 0.6) is 0 Å². The Bertz CT molecular complexity index is 73.6. The molecule has 0 unspecified atom stereocenters. The van der Waals surface area contributed by atoms with Crippen molar-refractivity contribution >= 4 is 23.0 Å². The SMILES string of the molecule is N[C@@H](CCCBr)B(O)O. The lowest BCUT2D eigenvalue weighted by Crippen LogP contribution is -2.38. The van der Waals surface area contributed by atoms with Crippen LogP contribution in [0.1, 0.15) is 12.8 Å². The lowest BCUT2D eigenvalue weighted by molar-refractivity contribution is 0.382. The third kappa shape index (κ3) is 4.90. The van der Waals surface area contributed by atoms with E-state index in [1.165, 1.54) is 0 Å². The summed E-state index contributed by atoms with van der Waals surface area (Å²) in [6, 6.07) is 0. The van der Waals surface area contributed by atoms with Crippen molar-refractivity contribution in [3.63, 3.8) is 0 Å². The van der Waals surface area contributed by atoms with E-state index in [1.807, 2.05) is 0 Å². The maximum atomic E-state index is 8.46. The number of alkyl halides is 1. The molecule has 0 bridgehead atoms. The van der Waals surface area contributed by atoms with Crippen molar-refractivity contribution in [1.29, 1.82) is 0 Å². The van der Waals surface area contributed by atoms with Crippen LogP contribution in [0.4, 0.5) is 0 Å². The summed E-state index contributed by atoms with van der Waals surface area (Å²) in [4.78, 5) is 0. The molecule has 0 aromatic heterocycles. The standard InChI is InChI=1S/C4H11BBrNO2/c6-3-1-2-4(7)5(8)9/h4,8-9H,1-3,7H2/t4-/m0/s1. The minimum atomic E-state index is -1.37. The van der Waals surface area contributed by atoms with Gasteiger partial charge in [0.1, 0.15) is 0 Å². The smallest absolute Gasteiger partial charge is 0.426 e. The molecule has 0 heterocycles. The molecule has 0 radical (unpaired) electrons. The first-order valence-electron chi connectivity index (χ1n) is 2.86. The average Bonchev–Trinajstić information content (AvgIpc) is 1.82. The summed E-state index contributed by atoms with van der Waals surface area (Å²) in [5, 5.41) is 17.8. The third-order valence-electron chi connectivity index (χ3n) is 1.05. The van der Waals surface area contributed by atoms with Gasteiger partial charge in [-0.1, -0.05) is 15.9 Å². The van der Waals surface area contributed by atoms with Crippen LogP contribution in [-0.4, -0.2) is 28.4 Å². The van der Waals surface area contributed by atoms with E-state index in [-0.39, 0.29) is 0 Å². The average molecular weight is 196 g/mol. The molecule has 0 aromatic rings. The zero-order chi connectivity index (χ0) is 7.28. The van der Waals surface area contributed by atoms with Crippen molar-refractivity contribution in [1.82, 2.24) is 0 Å². The zero-order valence-electron chi connectivity index (χ0n) is 5.13. The third-order valence-corrected chi connectivity index (χ3v) is 1.61. The maximum Gasteiger partial charge on any atom is 0.469 e. The molecule has 9 heavy (non-hydrogen) atoms. The molecule has 4 N–H and O–H groups in total. The predicted molar refractivity (Wildman–Crippen MR) is 41.2 cm³/mol. The van der Waals surface area contributed by atoms with E-state index in [2.05, 4.69) is 15.9 Å². The summed E-state index contributed by atoms with van der Waals surface area (Å²) in [7, 11) is -1.37. The second kappa shape index (κ2) is 5.23. The fourth-order valence-corrected chi connectivity index (χ4v) is 0.786. The van der Waals surface area contributed by atoms with Gasteiger partial charge in [0.25, 0.3) is 0 Å². The van der Waals surface area contributed by atoms with Gasteiger partial charge in [0.2, 0.25) is 0 Å². The second-order valence-electron chi connectivity index (χ2n) is 1.91. The van der Waals surface area contributed by atoms with Gasteiger partial charge >= 0.3 is 7.12 Å². The van der Waals surface area contributed by atoms with Crippen LogP contribution >= 0.6 is 15.9 Å². The highest BCUT2D eigenvalue weighted by molar-refractivity contribution is 9.09. The summed E-state index contributed by atoms with van der Waals surface area (Å²) in [5.41, 5.74) is 5.28. The topological polar surface area (TPSA) is 66.5 Å². The Morgan fingerprint density at radius 3 is 2.44 bits per heavy atom. The monoisotopic (exact) mass is 195 g/mol. The molecule has 0 amide bonds. The van der Waals surface area contributed by atoms with Crippen LogP contribution in [0.25, 0.3) is 0 Å². The van der Waals surface area contributed by atoms with Crippen molar-refractivity contribution in [2.45, 2.75) is 18.8 Å². The quantitative estimate of drug-likeness (QED) is 0.419. The van der Waals surface area contributed by atoms with Crippen LogP contribution in [0.2, 0.25) is 0 Å². The van der Waals surface area contributed by atoms with Gasteiger partial charge in [-0.15, -0.1) is 0 Å². The molecule has 0 rings (SSSR count). The lowest BCUT2D eigenvalue weighted by atomic mass is 9.78. The van der Waals surface area contributed by atoms with Gasteiger partial charge in [0.05, 0.1) is 0 Å². The second-order valence-corrected chi connectivity index (χ2v) is 2.70. The molecule has 0 fully saturated rings. The minimum absolute atomic E-state index is 0.498. The van der Waals surface area contributed by atoms with Crippen molar-refractivity contribution in [2.24, 2.45) is 5.73 Å². The molecule has 5 heteroatoms.